The zero-order valence-electron chi connectivity index (χ0n) is 11.9. The van der Waals surface area contributed by atoms with Crippen LogP contribution in [0, 0.1) is 12.7 Å². The number of thioether (sulfide) groups is 1. The third-order valence-corrected chi connectivity index (χ3v) is 4.53. The summed E-state index contributed by atoms with van der Waals surface area (Å²) in [6, 6.07) is 6.30. The molecule has 1 aromatic heterocycles. The van der Waals surface area contributed by atoms with E-state index in [2.05, 4.69) is 8.75 Å². The summed E-state index contributed by atoms with van der Waals surface area (Å²) in [5, 5.41) is 0. The van der Waals surface area contributed by atoms with Crippen molar-refractivity contribution in [1.82, 2.24) is 13.6 Å². The summed E-state index contributed by atoms with van der Waals surface area (Å²) in [5.74, 6) is 0.796. The number of aryl methyl sites for hydroxylation is 1. The maximum absolute atomic E-state index is 13.1. The van der Waals surface area contributed by atoms with E-state index >= 15 is 0 Å². The molecular formula is C14H16FN3OS2. The quantitative estimate of drug-likeness (QED) is 0.819. The van der Waals surface area contributed by atoms with Gasteiger partial charge in [0.1, 0.15) is 5.82 Å². The fourth-order valence-corrected chi connectivity index (χ4v) is 3.33. The average Bonchev–Trinajstić information content (AvgIpc) is 2.84. The Labute approximate surface area is 131 Å². The monoisotopic (exact) mass is 325 g/mol. The van der Waals surface area contributed by atoms with Crippen LogP contribution in [0.5, 0.6) is 0 Å². The predicted octanol–water partition coefficient (Wildman–Crippen LogP) is 2.88. The van der Waals surface area contributed by atoms with E-state index in [4.69, 9.17) is 0 Å². The Morgan fingerprint density at radius 3 is 2.90 bits per heavy atom. The summed E-state index contributed by atoms with van der Waals surface area (Å²) in [6.07, 6.45) is 0. The Morgan fingerprint density at radius 2 is 2.24 bits per heavy atom. The van der Waals surface area contributed by atoms with E-state index in [0.29, 0.717) is 18.1 Å². The smallest absolute Gasteiger partial charge is 0.232 e. The molecule has 21 heavy (non-hydrogen) atoms. The van der Waals surface area contributed by atoms with Crippen LogP contribution in [0.3, 0.4) is 0 Å². The topological polar surface area (TPSA) is 46.1 Å². The molecule has 0 N–H and O–H groups in total. The number of hydrogen-bond donors (Lipinski definition) is 0. The van der Waals surface area contributed by atoms with Crippen molar-refractivity contribution < 1.29 is 9.18 Å². The van der Waals surface area contributed by atoms with E-state index in [1.54, 1.807) is 18.0 Å². The molecule has 7 heteroatoms. The second-order valence-electron chi connectivity index (χ2n) is 4.67. The third kappa shape index (κ3) is 4.78. The number of carbonyl (C=O) groups is 1. The van der Waals surface area contributed by atoms with Crippen molar-refractivity contribution in [3.8, 4) is 0 Å². The first-order chi connectivity index (χ1) is 10.1. The van der Waals surface area contributed by atoms with E-state index in [1.165, 1.54) is 35.6 Å². The summed E-state index contributed by atoms with van der Waals surface area (Å²) in [5.41, 5.74) is 2.65. The molecule has 0 saturated heterocycles. The van der Waals surface area contributed by atoms with Crippen LogP contribution in [-0.4, -0.2) is 32.4 Å². The highest BCUT2D eigenvalue weighted by atomic mass is 32.2. The molecule has 2 aromatic rings. The molecule has 1 amide bonds. The van der Waals surface area contributed by atoms with E-state index in [-0.39, 0.29) is 11.7 Å². The number of aromatic nitrogens is 2. The maximum atomic E-state index is 13.1. The number of amides is 1. The first-order valence-electron chi connectivity index (χ1n) is 6.40. The summed E-state index contributed by atoms with van der Waals surface area (Å²) in [4.78, 5) is 13.6. The molecule has 4 nitrogen and oxygen atoms in total. The van der Waals surface area contributed by atoms with Gasteiger partial charge in [0, 0.05) is 19.3 Å². The van der Waals surface area contributed by atoms with Crippen LogP contribution >= 0.6 is 23.5 Å². The number of rotatable bonds is 6. The highest BCUT2D eigenvalue weighted by molar-refractivity contribution is 7.99. The normalized spacial score (nSPS) is 10.6. The maximum Gasteiger partial charge on any atom is 0.232 e. The molecule has 0 fully saturated rings. The summed E-state index contributed by atoms with van der Waals surface area (Å²) in [7, 11) is 1.73. The molecule has 0 spiro atoms. The fraction of sp³-hybridized carbons (Fsp3) is 0.357. The second-order valence-corrected chi connectivity index (χ2v) is 6.18. The van der Waals surface area contributed by atoms with Crippen LogP contribution in [0.2, 0.25) is 0 Å². The van der Waals surface area contributed by atoms with Crippen molar-refractivity contribution >= 4 is 29.4 Å². The fourth-order valence-electron chi connectivity index (χ4n) is 1.72. The number of carbonyl (C=O) groups excluding carboxylic acids is 1. The molecule has 1 heterocycles. The number of benzene rings is 1. The van der Waals surface area contributed by atoms with Crippen molar-refractivity contribution in [3.63, 3.8) is 0 Å². The van der Waals surface area contributed by atoms with Crippen LogP contribution in [0.4, 0.5) is 4.39 Å². The van der Waals surface area contributed by atoms with E-state index in [1.807, 2.05) is 13.0 Å². The lowest BCUT2D eigenvalue weighted by Gasteiger charge is -2.17. The van der Waals surface area contributed by atoms with Gasteiger partial charge in [-0.2, -0.15) is 8.75 Å². The van der Waals surface area contributed by atoms with Crippen LogP contribution in [0.1, 0.15) is 17.0 Å². The predicted molar refractivity (Wildman–Crippen MR) is 83.7 cm³/mol. The SMILES string of the molecule is Cc1nsnc1CSCC(=O)N(C)Cc1cccc(F)c1. The highest BCUT2D eigenvalue weighted by Crippen LogP contribution is 2.15. The molecule has 0 unspecified atom stereocenters. The van der Waals surface area contributed by atoms with Crippen LogP contribution < -0.4 is 0 Å². The van der Waals surface area contributed by atoms with Gasteiger partial charge in [0.25, 0.3) is 0 Å². The molecule has 2 rings (SSSR count). The number of halogens is 1. The molecular weight excluding hydrogens is 309 g/mol. The highest BCUT2D eigenvalue weighted by Gasteiger charge is 2.11. The zero-order valence-corrected chi connectivity index (χ0v) is 13.5. The third-order valence-electron chi connectivity index (χ3n) is 2.95. The Hall–Kier alpha value is -1.47. The van der Waals surface area contributed by atoms with Gasteiger partial charge in [-0.15, -0.1) is 11.8 Å². The summed E-state index contributed by atoms with van der Waals surface area (Å²) >= 11 is 2.70. The van der Waals surface area contributed by atoms with Gasteiger partial charge in [-0.1, -0.05) is 12.1 Å². The molecule has 0 aliphatic carbocycles. The molecule has 0 saturated carbocycles. The first kappa shape index (κ1) is 15.9. The lowest BCUT2D eigenvalue weighted by Crippen LogP contribution is -2.27. The average molecular weight is 325 g/mol. The Bertz CT molecular complexity index is 618. The first-order valence-corrected chi connectivity index (χ1v) is 8.29. The standard InChI is InChI=1S/C14H16FN3OS2/c1-10-13(17-21-16-10)8-20-9-14(19)18(2)7-11-4-3-5-12(15)6-11/h3-6H,7-9H2,1-2H3. The van der Waals surface area contributed by atoms with Crippen molar-refractivity contribution in [1.29, 1.82) is 0 Å². The van der Waals surface area contributed by atoms with Crippen molar-refractivity contribution in [2.45, 2.75) is 19.2 Å². The minimum Gasteiger partial charge on any atom is -0.341 e. The number of hydrogen-bond acceptors (Lipinski definition) is 5. The van der Waals surface area contributed by atoms with E-state index < -0.39 is 0 Å². The van der Waals surface area contributed by atoms with Crippen LogP contribution in [-0.2, 0) is 17.1 Å². The lowest BCUT2D eigenvalue weighted by atomic mass is 10.2. The van der Waals surface area contributed by atoms with Gasteiger partial charge in [-0.25, -0.2) is 4.39 Å². The van der Waals surface area contributed by atoms with Crippen LogP contribution in [0.25, 0.3) is 0 Å². The molecule has 0 bridgehead atoms. The van der Waals surface area contributed by atoms with Crippen molar-refractivity contribution in [2.75, 3.05) is 12.8 Å². The second kappa shape index (κ2) is 7.51. The largest absolute Gasteiger partial charge is 0.341 e. The van der Waals surface area contributed by atoms with Gasteiger partial charge in [-0.05, 0) is 24.6 Å². The Morgan fingerprint density at radius 1 is 1.43 bits per heavy atom. The molecule has 112 valence electrons. The summed E-state index contributed by atoms with van der Waals surface area (Å²) in [6.45, 7) is 2.33. The van der Waals surface area contributed by atoms with Gasteiger partial charge in [0.2, 0.25) is 5.91 Å². The number of nitrogens with zero attached hydrogens (tertiary/aromatic N) is 3. The van der Waals surface area contributed by atoms with Crippen molar-refractivity contribution in [3.05, 3.63) is 47.0 Å². The minimum absolute atomic E-state index is 0.0186. The molecule has 0 aliphatic rings. The molecule has 1 aromatic carbocycles. The Kier molecular flexibility index (Phi) is 5.69. The Balaban J connectivity index is 1.79. The minimum atomic E-state index is -0.283. The van der Waals surface area contributed by atoms with Gasteiger partial charge in [0.05, 0.1) is 28.9 Å². The summed E-state index contributed by atoms with van der Waals surface area (Å²) < 4.78 is 21.4. The van der Waals surface area contributed by atoms with Crippen LogP contribution in [0.15, 0.2) is 24.3 Å². The van der Waals surface area contributed by atoms with Gasteiger partial charge in [-0.3, -0.25) is 4.79 Å². The zero-order chi connectivity index (χ0) is 15.2. The van der Waals surface area contributed by atoms with Gasteiger partial charge in [0.15, 0.2) is 0 Å². The molecule has 0 aliphatic heterocycles. The molecule has 0 atom stereocenters. The van der Waals surface area contributed by atoms with E-state index in [0.717, 1.165) is 17.0 Å². The van der Waals surface area contributed by atoms with E-state index in [9.17, 15) is 9.18 Å². The van der Waals surface area contributed by atoms with Gasteiger partial charge >= 0.3 is 0 Å². The lowest BCUT2D eigenvalue weighted by molar-refractivity contribution is -0.127. The van der Waals surface area contributed by atoms with Gasteiger partial charge < -0.3 is 4.90 Å². The molecule has 0 radical (unpaired) electrons. The van der Waals surface area contributed by atoms with Crippen molar-refractivity contribution in [2.24, 2.45) is 0 Å².